The average Bonchev–Trinajstić information content (AvgIpc) is 2.49. The largest absolute Gasteiger partial charge is 0.480 e. The van der Waals surface area contributed by atoms with Gasteiger partial charge in [-0.25, -0.2) is 4.79 Å². The molecule has 6 nitrogen and oxygen atoms in total. The van der Waals surface area contributed by atoms with Crippen LogP contribution in [0.1, 0.15) is 12.5 Å². The molecular weight excluding hydrogens is 274 g/mol. The maximum absolute atomic E-state index is 12.2. The molecule has 1 amide bonds. The van der Waals surface area contributed by atoms with Crippen LogP contribution in [-0.4, -0.2) is 54.9 Å². The van der Waals surface area contributed by atoms with Crippen molar-refractivity contribution in [3.8, 4) is 0 Å². The van der Waals surface area contributed by atoms with Crippen LogP contribution in [0.4, 0.5) is 0 Å². The smallest absolute Gasteiger partial charge is 0.326 e. The highest BCUT2D eigenvalue weighted by Gasteiger charge is 2.25. The van der Waals surface area contributed by atoms with Crippen LogP contribution in [0.2, 0.25) is 0 Å². The summed E-state index contributed by atoms with van der Waals surface area (Å²) in [7, 11) is 1.54. The lowest BCUT2D eigenvalue weighted by molar-refractivity contribution is -0.152. The van der Waals surface area contributed by atoms with E-state index in [4.69, 9.17) is 14.6 Å². The fraction of sp³-hybridized carbons (Fsp3) is 0.467. The van der Waals surface area contributed by atoms with Crippen LogP contribution in [0.25, 0.3) is 0 Å². The summed E-state index contributed by atoms with van der Waals surface area (Å²) in [5, 5.41) is 9.13. The number of nitrogens with zero attached hydrogens (tertiary/aromatic N) is 1. The number of ether oxygens (including phenoxy) is 2. The average molecular weight is 295 g/mol. The predicted octanol–water partition coefficient (Wildman–Crippen LogP) is 1.15. The van der Waals surface area contributed by atoms with Crippen molar-refractivity contribution >= 4 is 11.9 Å². The first-order chi connectivity index (χ1) is 10.1. The molecule has 0 heterocycles. The van der Waals surface area contributed by atoms with Crippen LogP contribution in [-0.2, 0) is 25.6 Å². The molecular formula is C15H21NO5. The fourth-order valence-corrected chi connectivity index (χ4v) is 1.74. The van der Waals surface area contributed by atoms with Crippen molar-refractivity contribution in [2.24, 2.45) is 0 Å². The van der Waals surface area contributed by atoms with Gasteiger partial charge in [-0.05, 0) is 12.5 Å². The predicted molar refractivity (Wildman–Crippen MR) is 76.8 cm³/mol. The number of aliphatic carboxylic acids is 1. The number of carboxylic acid groups (broad SMARTS) is 1. The number of methoxy groups -OCH3 is 1. The van der Waals surface area contributed by atoms with Crippen molar-refractivity contribution in [3.05, 3.63) is 35.9 Å². The van der Waals surface area contributed by atoms with Crippen molar-refractivity contribution in [1.82, 2.24) is 4.90 Å². The number of carbonyl (C=O) groups is 2. The minimum atomic E-state index is -1.05. The summed E-state index contributed by atoms with van der Waals surface area (Å²) in [6.45, 7) is 2.25. The van der Waals surface area contributed by atoms with E-state index >= 15 is 0 Å². The van der Waals surface area contributed by atoms with Gasteiger partial charge in [-0.3, -0.25) is 4.79 Å². The Bertz CT molecular complexity index is 449. The number of amides is 1. The molecule has 1 rings (SSSR count). The lowest BCUT2D eigenvalue weighted by atomic mass is 10.2. The summed E-state index contributed by atoms with van der Waals surface area (Å²) in [5.41, 5.74) is 0.871. The van der Waals surface area contributed by atoms with Gasteiger partial charge < -0.3 is 19.5 Å². The second-order valence-electron chi connectivity index (χ2n) is 4.57. The zero-order chi connectivity index (χ0) is 15.7. The van der Waals surface area contributed by atoms with E-state index in [9.17, 15) is 9.59 Å². The van der Waals surface area contributed by atoms with Gasteiger partial charge in [0, 0.05) is 13.7 Å². The number of carbonyl (C=O) groups excluding carboxylic acids is 1. The molecule has 1 aromatic carbocycles. The van der Waals surface area contributed by atoms with E-state index in [-0.39, 0.29) is 19.1 Å². The first-order valence-corrected chi connectivity index (χ1v) is 6.69. The van der Waals surface area contributed by atoms with E-state index in [1.165, 1.54) is 11.8 Å². The van der Waals surface area contributed by atoms with Gasteiger partial charge in [0.15, 0.2) is 0 Å². The summed E-state index contributed by atoms with van der Waals surface area (Å²) in [6, 6.07) is 8.34. The van der Waals surface area contributed by atoms with Crippen LogP contribution in [0.3, 0.4) is 0 Å². The summed E-state index contributed by atoms with van der Waals surface area (Å²) in [5.74, 6) is -1.40. The van der Waals surface area contributed by atoms with Crippen molar-refractivity contribution in [3.63, 3.8) is 0 Å². The summed E-state index contributed by atoms with van der Waals surface area (Å²) < 4.78 is 10.00. The Morgan fingerprint density at radius 3 is 2.48 bits per heavy atom. The minimum Gasteiger partial charge on any atom is -0.480 e. The molecule has 0 aliphatic carbocycles. The lowest BCUT2D eigenvalue weighted by Gasteiger charge is -2.26. The first-order valence-electron chi connectivity index (χ1n) is 6.69. The molecule has 6 heteroatoms. The van der Waals surface area contributed by atoms with Gasteiger partial charge in [-0.1, -0.05) is 30.3 Å². The maximum atomic E-state index is 12.2. The van der Waals surface area contributed by atoms with Gasteiger partial charge in [0.25, 0.3) is 0 Å². The highest BCUT2D eigenvalue weighted by molar-refractivity contribution is 5.84. The van der Waals surface area contributed by atoms with E-state index < -0.39 is 12.0 Å². The van der Waals surface area contributed by atoms with Gasteiger partial charge in [-0.2, -0.15) is 0 Å². The second-order valence-corrected chi connectivity index (χ2v) is 4.57. The molecule has 0 aliphatic heterocycles. The number of hydrogen-bond donors (Lipinski definition) is 1. The molecule has 116 valence electrons. The summed E-state index contributed by atoms with van der Waals surface area (Å²) >= 11 is 0. The third-order valence-corrected chi connectivity index (χ3v) is 3.00. The van der Waals surface area contributed by atoms with Crippen molar-refractivity contribution in [2.45, 2.75) is 19.5 Å². The molecule has 0 saturated heterocycles. The van der Waals surface area contributed by atoms with E-state index in [1.54, 1.807) is 7.11 Å². The zero-order valence-corrected chi connectivity index (χ0v) is 12.3. The highest BCUT2D eigenvalue weighted by Crippen LogP contribution is 2.09. The molecule has 0 spiro atoms. The van der Waals surface area contributed by atoms with Crippen LogP contribution in [0, 0.1) is 0 Å². The Morgan fingerprint density at radius 1 is 1.24 bits per heavy atom. The van der Waals surface area contributed by atoms with Gasteiger partial charge in [-0.15, -0.1) is 0 Å². The quantitative estimate of drug-likeness (QED) is 0.692. The molecule has 0 aromatic heterocycles. The number of hydrogen-bond acceptors (Lipinski definition) is 4. The van der Waals surface area contributed by atoms with Crippen molar-refractivity contribution in [1.29, 1.82) is 0 Å². The Balaban J connectivity index is 2.68. The van der Waals surface area contributed by atoms with E-state index in [2.05, 4.69) is 0 Å². The third-order valence-electron chi connectivity index (χ3n) is 3.00. The molecule has 0 bridgehead atoms. The molecule has 0 fully saturated rings. The van der Waals surface area contributed by atoms with Gasteiger partial charge in [0.1, 0.15) is 12.6 Å². The molecule has 0 radical (unpaired) electrons. The fourth-order valence-electron chi connectivity index (χ4n) is 1.74. The minimum absolute atomic E-state index is 0.159. The number of carboxylic acids is 1. The number of benzene rings is 1. The molecule has 0 saturated carbocycles. The van der Waals surface area contributed by atoms with Crippen molar-refractivity contribution in [2.75, 3.05) is 26.9 Å². The van der Waals surface area contributed by atoms with Gasteiger partial charge >= 0.3 is 5.97 Å². The lowest BCUT2D eigenvalue weighted by Crippen LogP contribution is -2.44. The Morgan fingerprint density at radius 2 is 1.90 bits per heavy atom. The maximum Gasteiger partial charge on any atom is 0.326 e. The normalized spacial score (nSPS) is 11.9. The first kappa shape index (κ1) is 17.1. The van der Waals surface area contributed by atoms with E-state index in [0.717, 1.165) is 5.56 Å². The SMILES string of the molecule is COCCOCC(=O)N(Cc1ccccc1)C(C)C(=O)O. The molecule has 0 aliphatic rings. The number of rotatable bonds is 9. The van der Waals surface area contributed by atoms with Crippen LogP contribution in [0.5, 0.6) is 0 Å². The summed E-state index contributed by atoms with van der Waals surface area (Å²) in [4.78, 5) is 24.6. The molecule has 1 aromatic rings. The summed E-state index contributed by atoms with van der Waals surface area (Å²) in [6.07, 6.45) is 0. The molecule has 21 heavy (non-hydrogen) atoms. The monoisotopic (exact) mass is 295 g/mol. The van der Waals surface area contributed by atoms with E-state index in [0.29, 0.717) is 13.2 Å². The van der Waals surface area contributed by atoms with Gasteiger partial charge in [0.2, 0.25) is 5.91 Å². The topological polar surface area (TPSA) is 76.1 Å². The molecule has 1 N–H and O–H groups in total. The Kier molecular flexibility index (Phi) is 7.42. The van der Waals surface area contributed by atoms with Crippen LogP contribution < -0.4 is 0 Å². The standard InChI is InChI=1S/C15H21NO5/c1-12(15(18)19)16(10-13-6-4-3-5-7-13)14(17)11-21-9-8-20-2/h3-7,12H,8-11H2,1-2H3,(H,18,19). The molecule has 1 unspecified atom stereocenters. The third kappa shape index (κ3) is 5.93. The van der Waals surface area contributed by atoms with Crippen molar-refractivity contribution < 1.29 is 24.2 Å². The molecule has 1 atom stereocenters. The second kappa shape index (κ2) is 9.10. The van der Waals surface area contributed by atoms with E-state index in [1.807, 2.05) is 30.3 Å². The van der Waals surface area contributed by atoms with Crippen LogP contribution >= 0.6 is 0 Å². The van der Waals surface area contributed by atoms with Gasteiger partial charge in [0.05, 0.1) is 13.2 Å². The Labute approximate surface area is 124 Å². The zero-order valence-electron chi connectivity index (χ0n) is 12.3. The highest BCUT2D eigenvalue weighted by atomic mass is 16.5. The van der Waals surface area contributed by atoms with Crippen LogP contribution in [0.15, 0.2) is 30.3 Å². The Hall–Kier alpha value is -1.92.